The molecule has 0 aliphatic carbocycles. The van der Waals surface area contributed by atoms with Gasteiger partial charge in [0.25, 0.3) is 11.6 Å². The molecular formula is C24H19ClN4O4. The number of hydrogen-bond acceptors (Lipinski definition) is 6. The van der Waals surface area contributed by atoms with Crippen LogP contribution in [-0.2, 0) is 0 Å². The molecule has 33 heavy (non-hydrogen) atoms. The van der Waals surface area contributed by atoms with E-state index < -0.39 is 10.8 Å². The predicted molar refractivity (Wildman–Crippen MR) is 127 cm³/mol. The SMILES string of the molecule is O=C(Nc1ccc(Cl)c(-c2nc3ccccc3o2)c1)c1ccc(N2CCCC2)c([N+](=O)[O-])c1. The molecule has 8 nitrogen and oxygen atoms in total. The molecule has 0 saturated carbocycles. The number of carbonyl (C=O) groups is 1. The van der Waals surface area contributed by atoms with Crippen molar-refractivity contribution < 1.29 is 14.1 Å². The molecule has 166 valence electrons. The van der Waals surface area contributed by atoms with Crippen LogP contribution in [0.3, 0.4) is 0 Å². The van der Waals surface area contributed by atoms with E-state index >= 15 is 0 Å². The molecule has 9 heteroatoms. The van der Waals surface area contributed by atoms with E-state index in [-0.39, 0.29) is 11.3 Å². The molecule has 1 aliphatic rings. The Hall–Kier alpha value is -3.91. The average Bonchev–Trinajstić information content (AvgIpc) is 3.50. The van der Waals surface area contributed by atoms with Gasteiger partial charge in [0.2, 0.25) is 5.89 Å². The third kappa shape index (κ3) is 4.12. The van der Waals surface area contributed by atoms with Crippen molar-refractivity contribution in [3.8, 4) is 11.5 Å². The molecule has 4 aromatic rings. The van der Waals surface area contributed by atoms with Crippen LogP contribution >= 0.6 is 11.6 Å². The maximum Gasteiger partial charge on any atom is 0.293 e. The minimum absolute atomic E-state index is 0.0761. The average molecular weight is 463 g/mol. The smallest absolute Gasteiger partial charge is 0.293 e. The number of nitro benzene ring substituents is 1. The zero-order chi connectivity index (χ0) is 22.9. The number of fused-ring (bicyclic) bond motifs is 1. The number of anilines is 2. The van der Waals surface area contributed by atoms with E-state index in [0.29, 0.717) is 39.0 Å². The van der Waals surface area contributed by atoms with Crippen molar-refractivity contribution in [2.24, 2.45) is 0 Å². The molecule has 3 aromatic carbocycles. The van der Waals surface area contributed by atoms with Crippen LogP contribution < -0.4 is 10.2 Å². The van der Waals surface area contributed by atoms with E-state index in [4.69, 9.17) is 16.0 Å². The maximum atomic E-state index is 12.9. The zero-order valence-electron chi connectivity index (χ0n) is 17.5. The molecule has 0 unspecified atom stereocenters. The van der Waals surface area contributed by atoms with Gasteiger partial charge in [0, 0.05) is 30.4 Å². The first-order valence-corrected chi connectivity index (χ1v) is 10.9. The minimum Gasteiger partial charge on any atom is -0.436 e. The van der Waals surface area contributed by atoms with Crippen LogP contribution in [0.1, 0.15) is 23.2 Å². The molecule has 1 aromatic heterocycles. The van der Waals surface area contributed by atoms with Crippen LogP contribution in [0.2, 0.25) is 5.02 Å². The number of nitrogens with zero attached hydrogens (tertiary/aromatic N) is 3. The van der Waals surface area contributed by atoms with Gasteiger partial charge in [0.15, 0.2) is 5.58 Å². The van der Waals surface area contributed by atoms with E-state index in [9.17, 15) is 14.9 Å². The van der Waals surface area contributed by atoms with Crippen molar-refractivity contribution in [2.45, 2.75) is 12.8 Å². The molecular weight excluding hydrogens is 444 g/mol. The number of aromatic nitrogens is 1. The van der Waals surface area contributed by atoms with Crippen LogP contribution in [0.5, 0.6) is 0 Å². The number of nitro groups is 1. The summed E-state index contributed by atoms with van der Waals surface area (Å²) in [7, 11) is 0. The lowest BCUT2D eigenvalue weighted by atomic mass is 10.1. The highest BCUT2D eigenvalue weighted by Gasteiger charge is 2.24. The summed E-state index contributed by atoms with van der Waals surface area (Å²) >= 11 is 6.35. The van der Waals surface area contributed by atoms with Crippen LogP contribution in [-0.4, -0.2) is 28.9 Å². The number of para-hydroxylation sites is 2. The zero-order valence-corrected chi connectivity index (χ0v) is 18.2. The lowest BCUT2D eigenvalue weighted by molar-refractivity contribution is -0.384. The van der Waals surface area contributed by atoms with Crippen molar-refractivity contribution in [1.82, 2.24) is 4.98 Å². The lowest BCUT2D eigenvalue weighted by Gasteiger charge is -2.17. The van der Waals surface area contributed by atoms with Crippen LogP contribution in [0.4, 0.5) is 17.1 Å². The van der Waals surface area contributed by atoms with Crippen LogP contribution in [0.15, 0.2) is 65.1 Å². The van der Waals surface area contributed by atoms with Crippen molar-refractivity contribution in [3.05, 3.63) is 81.4 Å². The molecule has 2 heterocycles. The predicted octanol–water partition coefficient (Wildman–Crippen LogP) is 5.91. The number of nitrogens with one attached hydrogen (secondary N) is 1. The fourth-order valence-corrected chi connectivity index (χ4v) is 4.19. The highest BCUT2D eigenvalue weighted by atomic mass is 35.5. The normalized spacial score (nSPS) is 13.4. The van der Waals surface area contributed by atoms with Gasteiger partial charge in [0.05, 0.1) is 15.5 Å². The molecule has 1 fully saturated rings. The van der Waals surface area contributed by atoms with Gasteiger partial charge in [-0.2, -0.15) is 0 Å². The Balaban J connectivity index is 1.42. The Labute approximate surface area is 193 Å². The van der Waals surface area contributed by atoms with Crippen LogP contribution in [0, 0.1) is 10.1 Å². The molecule has 0 bridgehead atoms. The summed E-state index contributed by atoms with van der Waals surface area (Å²) < 4.78 is 5.80. The summed E-state index contributed by atoms with van der Waals surface area (Å²) in [6.45, 7) is 1.55. The number of amides is 1. The summed E-state index contributed by atoms with van der Waals surface area (Å²) in [5, 5.41) is 14.8. The summed E-state index contributed by atoms with van der Waals surface area (Å²) in [6, 6.07) is 16.9. The van der Waals surface area contributed by atoms with Gasteiger partial charge in [-0.05, 0) is 55.3 Å². The Kier molecular flexibility index (Phi) is 5.43. The van der Waals surface area contributed by atoms with Crippen molar-refractivity contribution >= 4 is 45.7 Å². The molecule has 5 rings (SSSR count). The first kappa shape index (κ1) is 21.0. The van der Waals surface area contributed by atoms with E-state index in [1.165, 1.54) is 6.07 Å². The molecule has 1 aliphatic heterocycles. The van der Waals surface area contributed by atoms with E-state index in [0.717, 1.165) is 25.9 Å². The topological polar surface area (TPSA) is 102 Å². The van der Waals surface area contributed by atoms with E-state index in [2.05, 4.69) is 10.3 Å². The fourth-order valence-electron chi connectivity index (χ4n) is 3.99. The van der Waals surface area contributed by atoms with Gasteiger partial charge in [-0.15, -0.1) is 0 Å². The van der Waals surface area contributed by atoms with E-state index in [1.54, 1.807) is 30.3 Å². The number of rotatable bonds is 5. The van der Waals surface area contributed by atoms with Crippen molar-refractivity contribution in [3.63, 3.8) is 0 Å². The standard InChI is InChI=1S/C24H19ClN4O4/c25-18-9-8-16(14-17(18)24-27-19-5-1-2-6-22(19)33-24)26-23(30)15-7-10-20(21(13-15)29(31)32)28-11-3-4-12-28/h1-2,5-10,13-14H,3-4,11-12H2,(H,26,30). The second kappa shape index (κ2) is 8.55. The lowest BCUT2D eigenvalue weighted by Crippen LogP contribution is -2.19. The van der Waals surface area contributed by atoms with Gasteiger partial charge in [0.1, 0.15) is 11.2 Å². The number of benzene rings is 3. The first-order valence-electron chi connectivity index (χ1n) is 10.5. The van der Waals surface area contributed by atoms with Crippen LogP contribution in [0.25, 0.3) is 22.6 Å². The monoisotopic (exact) mass is 462 g/mol. The van der Waals surface area contributed by atoms with Gasteiger partial charge < -0.3 is 14.6 Å². The number of halogens is 1. The van der Waals surface area contributed by atoms with Crippen molar-refractivity contribution in [2.75, 3.05) is 23.3 Å². The Morgan fingerprint density at radius 2 is 1.88 bits per heavy atom. The Morgan fingerprint density at radius 1 is 1.09 bits per heavy atom. The van der Waals surface area contributed by atoms with Gasteiger partial charge >= 0.3 is 0 Å². The largest absolute Gasteiger partial charge is 0.436 e. The first-order chi connectivity index (χ1) is 16.0. The molecule has 1 N–H and O–H groups in total. The fraction of sp³-hybridized carbons (Fsp3) is 0.167. The van der Waals surface area contributed by atoms with E-state index in [1.807, 2.05) is 29.2 Å². The van der Waals surface area contributed by atoms with Gasteiger partial charge in [-0.3, -0.25) is 14.9 Å². The summed E-state index contributed by atoms with van der Waals surface area (Å²) in [4.78, 5) is 30.5. The molecule has 0 atom stereocenters. The minimum atomic E-state index is -0.461. The quantitative estimate of drug-likeness (QED) is 0.292. The third-order valence-electron chi connectivity index (χ3n) is 5.63. The molecule has 1 saturated heterocycles. The van der Waals surface area contributed by atoms with Crippen molar-refractivity contribution in [1.29, 1.82) is 0 Å². The number of carbonyl (C=O) groups excluding carboxylic acids is 1. The number of hydrogen-bond donors (Lipinski definition) is 1. The molecule has 0 radical (unpaired) electrons. The second-order valence-corrected chi connectivity index (χ2v) is 8.20. The highest BCUT2D eigenvalue weighted by molar-refractivity contribution is 6.33. The third-order valence-corrected chi connectivity index (χ3v) is 5.96. The second-order valence-electron chi connectivity index (χ2n) is 7.79. The maximum absolute atomic E-state index is 12.9. The molecule has 1 amide bonds. The highest BCUT2D eigenvalue weighted by Crippen LogP contribution is 2.34. The summed E-state index contributed by atoms with van der Waals surface area (Å²) in [6.07, 6.45) is 2.00. The number of oxazole rings is 1. The van der Waals surface area contributed by atoms with Gasteiger partial charge in [-0.25, -0.2) is 4.98 Å². The Bertz CT molecular complexity index is 1350. The molecule has 0 spiro atoms. The van der Waals surface area contributed by atoms with Gasteiger partial charge in [-0.1, -0.05) is 23.7 Å². The summed E-state index contributed by atoms with van der Waals surface area (Å²) in [5.74, 6) is -0.125. The summed E-state index contributed by atoms with van der Waals surface area (Å²) in [5.41, 5.74) is 2.98. The Morgan fingerprint density at radius 3 is 2.64 bits per heavy atom.